The van der Waals surface area contributed by atoms with E-state index in [1.807, 2.05) is 37.3 Å². The van der Waals surface area contributed by atoms with Gasteiger partial charge in [-0.2, -0.15) is 0 Å². The summed E-state index contributed by atoms with van der Waals surface area (Å²) < 4.78 is 0. The summed E-state index contributed by atoms with van der Waals surface area (Å²) >= 11 is 0. The summed E-state index contributed by atoms with van der Waals surface area (Å²) in [6.45, 7) is 7.97. The summed E-state index contributed by atoms with van der Waals surface area (Å²) in [4.78, 5) is 49.6. The number of amides is 3. The van der Waals surface area contributed by atoms with E-state index in [9.17, 15) is 14.4 Å². The Labute approximate surface area is 210 Å². The predicted molar refractivity (Wildman–Crippen MR) is 140 cm³/mol. The van der Waals surface area contributed by atoms with Crippen LogP contribution in [0, 0.1) is 6.92 Å². The first-order valence-electron chi connectivity index (χ1n) is 12.1. The number of rotatable bonds is 10. The van der Waals surface area contributed by atoms with Crippen molar-refractivity contribution in [3.8, 4) is 0 Å². The molecular formula is C27H30N6O3. The number of aryl methyl sites for hydroxylation is 1. The van der Waals surface area contributed by atoms with Crippen molar-refractivity contribution in [1.29, 1.82) is 0 Å². The van der Waals surface area contributed by atoms with Gasteiger partial charge in [0.2, 0.25) is 5.91 Å². The molecule has 0 saturated carbocycles. The van der Waals surface area contributed by atoms with Gasteiger partial charge >= 0.3 is 0 Å². The van der Waals surface area contributed by atoms with Crippen molar-refractivity contribution in [1.82, 2.24) is 14.9 Å². The van der Waals surface area contributed by atoms with Gasteiger partial charge in [-0.1, -0.05) is 12.1 Å². The van der Waals surface area contributed by atoms with E-state index in [0.717, 1.165) is 24.6 Å². The largest absolute Gasteiger partial charge is 0.357 e. The molecule has 2 heterocycles. The second-order valence-corrected chi connectivity index (χ2v) is 8.49. The first-order chi connectivity index (χ1) is 17.4. The molecule has 3 amide bonds. The molecule has 4 rings (SSSR count). The molecule has 0 atom stereocenters. The molecular weight excluding hydrogens is 456 g/mol. The maximum Gasteiger partial charge on any atom is 0.261 e. The number of benzene rings is 2. The smallest absolute Gasteiger partial charge is 0.261 e. The number of hydrogen-bond acceptors (Lipinski definition) is 7. The third-order valence-corrected chi connectivity index (χ3v) is 6.02. The van der Waals surface area contributed by atoms with Crippen LogP contribution in [0.25, 0.3) is 0 Å². The lowest BCUT2D eigenvalue weighted by atomic mass is 10.1. The monoisotopic (exact) mass is 486 g/mol. The Balaban J connectivity index is 1.28. The third kappa shape index (κ3) is 5.51. The first-order valence-corrected chi connectivity index (χ1v) is 12.1. The highest BCUT2D eigenvalue weighted by Gasteiger charge is 2.34. The lowest BCUT2D eigenvalue weighted by Crippen LogP contribution is -2.31. The van der Waals surface area contributed by atoms with Crippen LogP contribution in [-0.2, 0) is 4.79 Å². The van der Waals surface area contributed by atoms with Gasteiger partial charge in [0, 0.05) is 43.5 Å². The number of carbonyl (C=O) groups is 3. The van der Waals surface area contributed by atoms with Gasteiger partial charge in [-0.25, -0.2) is 9.97 Å². The lowest BCUT2D eigenvalue weighted by Gasteiger charge is -2.20. The van der Waals surface area contributed by atoms with Crippen LogP contribution in [0.2, 0.25) is 0 Å². The van der Waals surface area contributed by atoms with E-state index in [1.165, 1.54) is 4.90 Å². The van der Waals surface area contributed by atoms with E-state index in [0.29, 0.717) is 34.9 Å². The topological polar surface area (TPSA) is 108 Å². The molecule has 0 saturated heterocycles. The summed E-state index contributed by atoms with van der Waals surface area (Å²) in [5.74, 6) is 1.48. The maximum atomic E-state index is 12.4. The van der Waals surface area contributed by atoms with Crippen LogP contribution < -0.4 is 15.5 Å². The fourth-order valence-corrected chi connectivity index (χ4v) is 4.17. The third-order valence-electron chi connectivity index (χ3n) is 6.02. The number of imide groups is 1. The van der Waals surface area contributed by atoms with E-state index < -0.39 is 0 Å². The summed E-state index contributed by atoms with van der Waals surface area (Å²) in [6.07, 6.45) is 0.584. The standard InChI is InChI=1S/C27H30N6O3/c1-4-32(5-2)24-17-23(28-18(3)29-24)30-19-12-14-20(15-13-19)31-25(34)11-8-16-33-26(35)21-9-6-7-10-22(21)27(33)36/h6-7,9-10,12-15,17H,4-5,8,11,16H2,1-3H3,(H,31,34)(H,28,29,30). The number of anilines is 4. The Hall–Kier alpha value is -4.27. The van der Waals surface area contributed by atoms with Gasteiger partial charge in [0.25, 0.3) is 11.8 Å². The quantitative estimate of drug-likeness (QED) is 0.409. The van der Waals surface area contributed by atoms with E-state index in [4.69, 9.17) is 0 Å². The Morgan fingerprint density at radius 2 is 1.53 bits per heavy atom. The minimum atomic E-state index is -0.304. The summed E-state index contributed by atoms with van der Waals surface area (Å²) in [5, 5.41) is 6.15. The SMILES string of the molecule is CCN(CC)c1cc(Nc2ccc(NC(=O)CCCN3C(=O)c4ccccc4C3=O)cc2)nc(C)n1. The van der Waals surface area contributed by atoms with Gasteiger partial charge in [-0.3, -0.25) is 19.3 Å². The molecule has 9 nitrogen and oxygen atoms in total. The van der Waals surface area contributed by atoms with E-state index in [1.54, 1.807) is 24.3 Å². The van der Waals surface area contributed by atoms with E-state index in [-0.39, 0.29) is 30.7 Å². The predicted octanol–water partition coefficient (Wildman–Crippen LogP) is 4.39. The van der Waals surface area contributed by atoms with E-state index >= 15 is 0 Å². The zero-order chi connectivity index (χ0) is 25.7. The summed E-state index contributed by atoms with van der Waals surface area (Å²) in [6, 6.07) is 16.0. The van der Waals surface area contributed by atoms with Crippen LogP contribution in [0.15, 0.2) is 54.6 Å². The highest BCUT2D eigenvalue weighted by atomic mass is 16.2. The molecule has 36 heavy (non-hydrogen) atoms. The van der Waals surface area contributed by atoms with Gasteiger partial charge in [0.05, 0.1) is 11.1 Å². The normalized spacial score (nSPS) is 12.5. The van der Waals surface area contributed by atoms with Crippen molar-refractivity contribution < 1.29 is 14.4 Å². The second kappa shape index (κ2) is 11.0. The van der Waals surface area contributed by atoms with Gasteiger partial charge in [0.15, 0.2) is 0 Å². The highest BCUT2D eigenvalue weighted by Crippen LogP contribution is 2.23. The molecule has 0 bridgehead atoms. The average Bonchev–Trinajstić information content (AvgIpc) is 3.11. The molecule has 0 spiro atoms. The molecule has 1 aromatic heterocycles. The Morgan fingerprint density at radius 1 is 0.917 bits per heavy atom. The molecule has 9 heteroatoms. The van der Waals surface area contributed by atoms with Crippen LogP contribution in [0.3, 0.4) is 0 Å². The van der Waals surface area contributed by atoms with Gasteiger partial charge in [-0.05, 0) is 63.6 Å². The average molecular weight is 487 g/mol. The number of hydrogen-bond donors (Lipinski definition) is 2. The van der Waals surface area contributed by atoms with Crippen LogP contribution in [0.4, 0.5) is 23.0 Å². The minimum Gasteiger partial charge on any atom is -0.357 e. The molecule has 186 valence electrons. The molecule has 0 aliphatic carbocycles. The van der Waals surface area contributed by atoms with E-state index in [2.05, 4.69) is 39.3 Å². The fraction of sp³-hybridized carbons (Fsp3) is 0.296. The first kappa shape index (κ1) is 24.8. The molecule has 1 aliphatic rings. The van der Waals surface area contributed by atoms with Crippen LogP contribution >= 0.6 is 0 Å². The van der Waals surface area contributed by atoms with Crippen LogP contribution in [0.5, 0.6) is 0 Å². The molecule has 2 N–H and O–H groups in total. The zero-order valence-corrected chi connectivity index (χ0v) is 20.7. The van der Waals surface area contributed by atoms with Gasteiger partial charge in [-0.15, -0.1) is 0 Å². The van der Waals surface area contributed by atoms with Crippen molar-refractivity contribution in [2.75, 3.05) is 35.2 Å². The van der Waals surface area contributed by atoms with Crippen molar-refractivity contribution in [3.05, 3.63) is 71.5 Å². The van der Waals surface area contributed by atoms with Crippen LogP contribution in [-0.4, -0.2) is 52.2 Å². The number of aromatic nitrogens is 2. The van der Waals surface area contributed by atoms with Gasteiger partial charge in [0.1, 0.15) is 17.5 Å². The second-order valence-electron chi connectivity index (χ2n) is 8.49. The maximum absolute atomic E-state index is 12.4. The molecule has 2 aromatic carbocycles. The Bertz CT molecular complexity index is 1240. The minimum absolute atomic E-state index is 0.178. The highest BCUT2D eigenvalue weighted by molar-refractivity contribution is 6.21. The number of fused-ring (bicyclic) bond motifs is 1. The Kier molecular flexibility index (Phi) is 7.58. The zero-order valence-electron chi connectivity index (χ0n) is 20.7. The van der Waals surface area contributed by atoms with Crippen molar-refractivity contribution in [2.45, 2.75) is 33.6 Å². The number of carbonyl (C=O) groups excluding carboxylic acids is 3. The summed E-state index contributed by atoms with van der Waals surface area (Å²) in [5.41, 5.74) is 2.33. The van der Waals surface area contributed by atoms with Crippen molar-refractivity contribution in [2.24, 2.45) is 0 Å². The lowest BCUT2D eigenvalue weighted by molar-refractivity contribution is -0.116. The summed E-state index contributed by atoms with van der Waals surface area (Å²) in [7, 11) is 0. The molecule has 0 unspecified atom stereocenters. The molecule has 1 aliphatic heterocycles. The number of nitrogens with one attached hydrogen (secondary N) is 2. The van der Waals surface area contributed by atoms with Crippen molar-refractivity contribution >= 4 is 40.7 Å². The molecule has 3 aromatic rings. The molecule has 0 radical (unpaired) electrons. The number of nitrogens with zero attached hydrogens (tertiary/aromatic N) is 4. The fourth-order valence-electron chi connectivity index (χ4n) is 4.17. The van der Waals surface area contributed by atoms with Gasteiger partial charge < -0.3 is 15.5 Å². The van der Waals surface area contributed by atoms with Crippen LogP contribution in [0.1, 0.15) is 53.2 Å². The van der Waals surface area contributed by atoms with Crippen molar-refractivity contribution in [3.63, 3.8) is 0 Å². The Morgan fingerprint density at radius 3 is 2.14 bits per heavy atom. The molecule has 0 fully saturated rings.